The van der Waals surface area contributed by atoms with Crippen LogP contribution in [-0.2, 0) is 4.74 Å². The molecule has 0 aromatic heterocycles. The van der Waals surface area contributed by atoms with Gasteiger partial charge in [0.05, 0.1) is 12.2 Å². The summed E-state index contributed by atoms with van der Waals surface area (Å²) in [6.45, 7) is 2.78. The average Bonchev–Trinajstić information content (AvgIpc) is 2.14. The maximum Gasteiger partial charge on any atom is 0.0701 e. The zero-order valence-corrected chi connectivity index (χ0v) is 5.26. The molecular weight excluding hydrogens is 102 g/mol. The fourth-order valence-electron chi connectivity index (χ4n) is 1.06. The lowest BCUT2D eigenvalue weighted by molar-refractivity contribution is 0.0612. The first-order valence-corrected chi connectivity index (χ1v) is 3.18. The third kappa shape index (κ3) is 1.20. The van der Waals surface area contributed by atoms with E-state index in [9.17, 15) is 0 Å². The third-order valence-corrected chi connectivity index (χ3v) is 1.58. The first-order valence-electron chi connectivity index (χ1n) is 3.18. The highest BCUT2D eigenvalue weighted by molar-refractivity contribution is 4.70. The van der Waals surface area contributed by atoms with Gasteiger partial charge in [-0.1, -0.05) is 0 Å². The van der Waals surface area contributed by atoms with E-state index in [0.717, 1.165) is 6.42 Å². The van der Waals surface area contributed by atoms with Crippen LogP contribution in [0.4, 0.5) is 0 Å². The van der Waals surface area contributed by atoms with Gasteiger partial charge in [-0.2, -0.15) is 0 Å². The quantitative estimate of drug-likeness (QED) is 0.540. The van der Waals surface area contributed by atoms with Crippen LogP contribution in [0.1, 0.15) is 19.8 Å². The van der Waals surface area contributed by atoms with Crippen molar-refractivity contribution in [2.75, 3.05) is 6.54 Å². The number of nitrogens with two attached hydrogens (primary N) is 1. The highest BCUT2D eigenvalue weighted by atomic mass is 16.5. The molecule has 1 rings (SSSR count). The minimum Gasteiger partial charge on any atom is -0.374 e. The van der Waals surface area contributed by atoms with Crippen LogP contribution < -0.4 is 5.73 Å². The van der Waals surface area contributed by atoms with Gasteiger partial charge in [-0.15, -0.1) is 0 Å². The van der Waals surface area contributed by atoms with Crippen molar-refractivity contribution in [3.05, 3.63) is 0 Å². The van der Waals surface area contributed by atoms with Crippen molar-refractivity contribution < 1.29 is 4.74 Å². The van der Waals surface area contributed by atoms with Crippen LogP contribution in [0, 0.1) is 0 Å². The van der Waals surface area contributed by atoms with E-state index in [1.807, 2.05) is 0 Å². The lowest BCUT2D eigenvalue weighted by atomic mass is 10.2. The zero-order chi connectivity index (χ0) is 5.98. The molecule has 2 atom stereocenters. The molecule has 48 valence electrons. The van der Waals surface area contributed by atoms with Gasteiger partial charge in [-0.3, -0.25) is 0 Å². The summed E-state index contributed by atoms with van der Waals surface area (Å²) in [6.07, 6.45) is 3.13. The fraction of sp³-hybridized carbons (Fsp3) is 1.00. The van der Waals surface area contributed by atoms with E-state index in [0.29, 0.717) is 18.8 Å². The van der Waals surface area contributed by atoms with Crippen molar-refractivity contribution >= 4 is 0 Å². The second-order valence-electron chi connectivity index (χ2n) is 2.38. The summed E-state index contributed by atoms with van der Waals surface area (Å²) in [5.74, 6) is 0. The first-order chi connectivity index (χ1) is 3.83. The molecule has 2 N–H and O–H groups in total. The van der Waals surface area contributed by atoms with Crippen molar-refractivity contribution in [1.82, 2.24) is 0 Å². The Morgan fingerprint density at radius 2 is 2.38 bits per heavy atom. The molecule has 1 aliphatic rings. The summed E-state index contributed by atoms with van der Waals surface area (Å²) in [5.41, 5.74) is 5.37. The van der Waals surface area contributed by atoms with Gasteiger partial charge in [0, 0.05) is 6.54 Å². The van der Waals surface area contributed by atoms with Crippen LogP contribution in [0.15, 0.2) is 0 Å². The van der Waals surface area contributed by atoms with Gasteiger partial charge in [0.15, 0.2) is 0 Å². The highest BCUT2D eigenvalue weighted by Gasteiger charge is 2.19. The molecule has 8 heavy (non-hydrogen) atoms. The normalized spacial score (nSPS) is 38.2. The summed E-state index contributed by atoms with van der Waals surface area (Å²) in [7, 11) is 0. The molecule has 1 aliphatic heterocycles. The summed E-state index contributed by atoms with van der Waals surface area (Å²) in [5, 5.41) is 0. The van der Waals surface area contributed by atoms with Gasteiger partial charge >= 0.3 is 0 Å². The Labute approximate surface area is 50.0 Å². The molecule has 1 fully saturated rings. The molecule has 0 unspecified atom stereocenters. The van der Waals surface area contributed by atoms with Crippen LogP contribution in [0.2, 0.25) is 0 Å². The van der Waals surface area contributed by atoms with Gasteiger partial charge < -0.3 is 10.5 Å². The fourth-order valence-corrected chi connectivity index (χ4v) is 1.06. The van der Waals surface area contributed by atoms with Crippen LogP contribution >= 0.6 is 0 Å². The standard InChI is InChI=1S/C6H13NO/c1-5-2-3-6(4-7)8-5/h5-6H,2-4,7H2,1H3/t5-,6+/m0/s1. The minimum absolute atomic E-state index is 0.352. The maximum absolute atomic E-state index is 5.39. The molecule has 2 nitrogen and oxygen atoms in total. The second-order valence-corrected chi connectivity index (χ2v) is 2.38. The molecule has 0 aliphatic carbocycles. The van der Waals surface area contributed by atoms with Crippen LogP contribution in [-0.4, -0.2) is 18.8 Å². The third-order valence-electron chi connectivity index (χ3n) is 1.58. The lowest BCUT2D eigenvalue weighted by Crippen LogP contribution is -2.19. The van der Waals surface area contributed by atoms with E-state index in [1.165, 1.54) is 6.42 Å². The topological polar surface area (TPSA) is 35.2 Å². The molecule has 0 radical (unpaired) electrons. The van der Waals surface area contributed by atoms with Crippen molar-refractivity contribution in [2.45, 2.75) is 32.0 Å². The predicted octanol–water partition coefficient (Wildman–Crippen LogP) is 0.513. The van der Waals surface area contributed by atoms with E-state index in [1.54, 1.807) is 0 Å². The maximum atomic E-state index is 5.39. The number of rotatable bonds is 1. The van der Waals surface area contributed by atoms with Gasteiger partial charge in [-0.05, 0) is 19.8 Å². The highest BCUT2D eigenvalue weighted by Crippen LogP contribution is 2.17. The molecule has 1 saturated heterocycles. The molecule has 0 bridgehead atoms. The SMILES string of the molecule is C[C@H]1CC[C@H](CN)O1. The Kier molecular flexibility index (Phi) is 1.86. The van der Waals surface area contributed by atoms with Gasteiger partial charge in [0.2, 0.25) is 0 Å². The summed E-state index contributed by atoms with van der Waals surface area (Å²) in [4.78, 5) is 0. The van der Waals surface area contributed by atoms with E-state index < -0.39 is 0 Å². The summed E-state index contributed by atoms with van der Waals surface area (Å²) >= 11 is 0. The lowest BCUT2D eigenvalue weighted by Gasteiger charge is -2.05. The summed E-state index contributed by atoms with van der Waals surface area (Å²) in [6, 6.07) is 0. The summed E-state index contributed by atoms with van der Waals surface area (Å²) < 4.78 is 5.39. The van der Waals surface area contributed by atoms with E-state index in [4.69, 9.17) is 10.5 Å². The molecule has 0 saturated carbocycles. The molecule has 0 aromatic carbocycles. The van der Waals surface area contributed by atoms with Crippen LogP contribution in [0.3, 0.4) is 0 Å². The van der Waals surface area contributed by atoms with E-state index in [2.05, 4.69) is 6.92 Å². The van der Waals surface area contributed by atoms with Crippen LogP contribution in [0.25, 0.3) is 0 Å². The van der Waals surface area contributed by atoms with E-state index in [-0.39, 0.29) is 0 Å². The number of hydrogen-bond acceptors (Lipinski definition) is 2. The zero-order valence-electron chi connectivity index (χ0n) is 5.26. The number of ether oxygens (including phenoxy) is 1. The van der Waals surface area contributed by atoms with Gasteiger partial charge in [0.1, 0.15) is 0 Å². The van der Waals surface area contributed by atoms with Crippen molar-refractivity contribution in [3.8, 4) is 0 Å². The molecule has 0 aromatic rings. The Morgan fingerprint density at radius 3 is 2.62 bits per heavy atom. The van der Waals surface area contributed by atoms with Crippen molar-refractivity contribution in [1.29, 1.82) is 0 Å². The van der Waals surface area contributed by atoms with Crippen LogP contribution in [0.5, 0.6) is 0 Å². The Bertz CT molecular complexity index is 74.9. The second kappa shape index (κ2) is 2.46. The van der Waals surface area contributed by atoms with E-state index >= 15 is 0 Å². The Balaban J connectivity index is 2.22. The largest absolute Gasteiger partial charge is 0.374 e. The Hall–Kier alpha value is -0.0800. The molecule has 0 spiro atoms. The smallest absolute Gasteiger partial charge is 0.0701 e. The van der Waals surface area contributed by atoms with Crippen molar-refractivity contribution in [2.24, 2.45) is 5.73 Å². The average molecular weight is 115 g/mol. The van der Waals surface area contributed by atoms with Crippen molar-refractivity contribution in [3.63, 3.8) is 0 Å². The minimum atomic E-state index is 0.352. The molecule has 1 heterocycles. The molecule has 0 amide bonds. The number of hydrogen-bond donors (Lipinski definition) is 1. The predicted molar refractivity (Wildman–Crippen MR) is 32.6 cm³/mol. The first kappa shape index (κ1) is 6.05. The Morgan fingerprint density at radius 1 is 1.62 bits per heavy atom. The molecular formula is C6H13NO. The van der Waals surface area contributed by atoms with Gasteiger partial charge in [-0.25, -0.2) is 0 Å². The van der Waals surface area contributed by atoms with Gasteiger partial charge in [0.25, 0.3) is 0 Å². The monoisotopic (exact) mass is 115 g/mol. The molecule has 2 heteroatoms.